The smallest absolute Gasteiger partial charge is 0.0315 e. The highest BCUT2D eigenvalue weighted by molar-refractivity contribution is 5.21. The first kappa shape index (κ1) is 11.6. The summed E-state index contributed by atoms with van der Waals surface area (Å²) in [5, 5.41) is 3.72. The van der Waals surface area contributed by atoms with Crippen molar-refractivity contribution in [3.63, 3.8) is 0 Å². The van der Waals surface area contributed by atoms with Gasteiger partial charge in [-0.1, -0.05) is 19.3 Å². The molecule has 1 aromatic rings. The number of rotatable bonds is 3. The summed E-state index contributed by atoms with van der Waals surface area (Å²) >= 11 is 0. The van der Waals surface area contributed by atoms with Crippen molar-refractivity contribution < 1.29 is 0 Å². The van der Waals surface area contributed by atoms with Crippen molar-refractivity contribution in [1.82, 2.24) is 10.3 Å². The first-order chi connectivity index (χ1) is 7.70. The quantitative estimate of drug-likeness (QED) is 0.842. The van der Waals surface area contributed by atoms with Gasteiger partial charge in [-0.25, -0.2) is 0 Å². The Balaban J connectivity index is 1.94. The molecule has 0 radical (unpaired) electrons. The van der Waals surface area contributed by atoms with Crippen molar-refractivity contribution in [2.75, 3.05) is 0 Å². The summed E-state index contributed by atoms with van der Waals surface area (Å²) in [5.74, 6) is 0. The SMILES string of the molecule is Cc1ccncc1CNC1(C)CCCCC1. The van der Waals surface area contributed by atoms with Crippen LogP contribution in [0, 0.1) is 6.92 Å². The minimum Gasteiger partial charge on any atom is -0.307 e. The molecule has 1 aromatic heterocycles. The maximum Gasteiger partial charge on any atom is 0.0315 e. The van der Waals surface area contributed by atoms with Crippen molar-refractivity contribution in [1.29, 1.82) is 0 Å². The number of nitrogens with zero attached hydrogens (tertiary/aromatic N) is 1. The van der Waals surface area contributed by atoms with Crippen LogP contribution in [0.5, 0.6) is 0 Å². The maximum atomic E-state index is 4.19. The molecule has 16 heavy (non-hydrogen) atoms. The Morgan fingerprint density at radius 3 is 2.75 bits per heavy atom. The highest BCUT2D eigenvalue weighted by atomic mass is 15.0. The fourth-order valence-electron chi connectivity index (χ4n) is 2.50. The van der Waals surface area contributed by atoms with Crippen LogP contribution in [0.4, 0.5) is 0 Å². The van der Waals surface area contributed by atoms with Crippen molar-refractivity contribution >= 4 is 0 Å². The minimum absolute atomic E-state index is 0.348. The molecule has 2 heteroatoms. The van der Waals surface area contributed by atoms with E-state index in [1.165, 1.54) is 43.2 Å². The largest absolute Gasteiger partial charge is 0.307 e. The topological polar surface area (TPSA) is 24.9 Å². The number of nitrogens with one attached hydrogen (secondary N) is 1. The summed E-state index contributed by atoms with van der Waals surface area (Å²) in [4.78, 5) is 4.19. The number of hydrogen-bond acceptors (Lipinski definition) is 2. The Morgan fingerprint density at radius 1 is 1.31 bits per heavy atom. The molecule has 1 fully saturated rings. The van der Waals surface area contributed by atoms with E-state index in [2.05, 4.69) is 30.2 Å². The molecule has 88 valence electrons. The zero-order valence-corrected chi connectivity index (χ0v) is 10.4. The van der Waals surface area contributed by atoms with Crippen LogP contribution in [-0.4, -0.2) is 10.5 Å². The molecule has 0 amide bonds. The molecule has 0 aliphatic heterocycles. The van der Waals surface area contributed by atoms with E-state index in [-0.39, 0.29) is 0 Å². The van der Waals surface area contributed by atoms with Crippen LogP contribution in [0.15, 0.2) is 18.5 Å². The first-order valence-electron chi connectivity index (χ1n) is 6.34. The molecule has 1 saturated carbocycles. The standard InChI is InChI=1S/C14H22N2/c1-12-6-9-15-10-13(12)11-16-14(2)7-4-3-5-8-14/h6,9-10,16H,3-5,7-8,11H2,1-2H3. The normalized spacial score (nSPS) is 19.6. The molecule has 1 aliphatic carbocycles. The molecule has 1 aliphatic rings. The second-order valence-corrected chi connectivity index (χ2v) is 5.28. The van der Waals surface area contributed by atoms with Gasteiger partial charge in [-0.15, -0.1) is 0 Å². The van der Waals surface area contributed by atoms with Crippen molar-refractivity contribution in [2.45, 2.75) is 58.0 Å². The van der Waals surface area contributed by atoms with Crippen molar-refractivity contribution in [2.24, 2.45) is 0 Å². The van der Waals surface area contributed by atoms with Crippen LogP contribution in [0.2, 0.25) is 0 Å². The van der Waals surface area contributed by atoms with E-state index in [0.717, 1.165) is 6.54 Å². The van der Waals surface area contributed by atoms with Gasteiger partial charge in [0, 0.05) is 24.5 Å². The molecule has 2 nitrogen and oxygen atoms in total. The average molecular weight is 218 g/mol. The Labute approximate surface area is 98.5 Å². The summed E-state index contributed by atoms with van der Waals surface area (Å²) in [5.41, 5.74) is 3.01. The molecule has 0 unspecified atom stereocenters. The molecule has 0 saturated heterocycles. The van der Waals surface area contributed by atoms with Gasteiger partial charge in [-0.2, -0.15) is 0 Å². The molecular formula is C14H22N2. The van der Waals surface area contributed by atoms with Crippen LogP contribution in [-0.2, 0) is 6.54 Å². The number of aryl methyl sites for hydroxylation is 1. The van der Waals surface area contributed by atoms with E-state index in [4.69, 9.17) is 0 Å². The van der Waals surface area contributed by atoms with Gasteiger partial charge < -0.3 is 5.32 Å². The molecule has 0 atom stereocenters. The zero-order valence-electron chi connectivity index (χ0n) is 10.4. The summed E-state index contributed by atoms with van der Waals surface area (Å²) in [6.07, 6.45) is 10.6. The second kappa shape index (κ2) is 4.96. The summed E-state index contributed by atoms with van der Waals surface area (Å²) in [6, 6.07) is 2.08. The third-order valence-electron chi connectivity index (χ3n) is 3.81. The molecular weight excluding hydrogens is 196 g/mol. The molecule has 1 heterocycles. The molecule has 1 N–H and O–H groups in total. The molecule has 2 rings (SSSR count). The van der Waals surface area contributed by atoms with Gasteiger partial charge in [0.2, 0.25) is 0 Å². The van der Waals surface area contributed by atoms with Crippen molar-refractivity contribution in [3.05, 3.63) is 29.6 Å². The van der Waals surface area contributed by atoms with Gasteiger partial charge >= 0.3 is 0 Å². The third-order valence-corrected chi connectivity index (χ3v) is 3.81. The Kier molecular flexibility index (Phi) is 3.59. The van der Waals surface area contributed by atoms with Crippen LogP contribution in [0.25, 0.3) is 0 Å². The average Bonchev–Trinajstić information content (AvgIpc) is 2.29. The lowest BCUT2D eigenvalue weighted by Gasteiger charge is -2.35. The van der Waals surface area contributed by atoms with E-state index in [1.807, 2.05) is 12.4 Å². The number of pyridine rings is 1. The molecule has 0 spiro atoms. The molecule has 0 bridgehead atoms. The fraction of sp³-hybridized carbons (Fsp3) is 0.643. The van der Waals surface area contributed by atoms with Crippen LogP contribution in [0.3, 0.4) is 0 Å². The third kappa shape index (κ3) is 2.82. The van der Waals surface area contributed by atoms with Crippen molar-refractivity contribution in [3.8, 4) is 0 Å². The summed E-state index contributed by atoms with van der Waals surface area (Å²) in [6.45, 7) is 5.47. The first-order valence-corrected chi connectivity index (χ1v) is 6.34. The summed E-state index contributed by atoms with van der Waals surface area (Å²) < 4.78 is 0. The lowest BCUT2D eigenvalue weighted by atomic mass is 9.83. The maximum absolute atomic E-state index is 4.19. The van der Waals surface area contributed by atoms with Crippen LogP contribution >= 0.6 is 0 Å². The fourth-order valence-corrected chi connectivity index (χ4v) is 2.50. The van der Waals surface area contributed by atoms with E-state index >= 15 is 0 Å². The number of hydrogen-bond donors (Lipinski definition) is 1. The van der Waals surface area contributed by atoms with Gasteiger partial charge in [-0.3, -0.25) is 4.98 Å². The van der Waals surface area contributed by atoms with E-state index in [9.17, 15) is 0 Å². The highest BCUT2D eigenvalue weighted by Crippen LogP contribution is 2.27. The van der Waals surface area contributed by atoms with Gasteiger partial charge in [0.1, 0.15) is 0 Å². The van der Waals surface area contributed by atoms with E-state index in [1.54, 1.807) is 0 Å². The lowest BCUT2D eigenvalue weighted by Crippen LogP contribution is -2.43. The van der Waals surface area contributed by atoms with Crippen LogP contribution < -0.4 is 5.32 Å². The minimum atomic E-state index is 0.348. The van der Waals surface area contributed by atoms with Gasteiger partial charge in [0.25, 0.3) is 0 Å². The Hall–Kier alpha value is -0.890. The van der Waals surface area contributed by atoms with E-state index < -0.39 is 0 Å². The molecule has 0 aromatic carbocycles. The Bertz CT molecular complexity index is 340. The van der Waals surface area contributed by atoms with Gasteiger partial charge in [0.15, 0.2) is 0 Å². The second-order valence-electron chi connectivity index (χ2n) is 5.28. The lowest BCUT2D eigenvalue weighted by molar-refractivity contribution is 0.252. The van der Waals surface area contributed by atoms with Gasteiger partial charge in [-0.05, 0) is 43.9 Å². The van der Waals surface area contributed by atoms with E-state index in [0.29, 0.717) is 5.54 Å². The predicted octanol–water partition coefficient (Wildman–Crippen LogP) is 3.20. The highest BCUT2D eigenvalue weighted by Gasteiger charge is 2.25. The summed E-state index contributed by atoms with van der Waals surface area (Å²) in [7, 11) is 0. The zero-order chi connectivity index (χ0) is 11.4. The number of aromatic nitrogens is 1. The Morgan fingerprint density at radius 2 is 2.06 bits per heavy atom. The van der Waals surface area contributed by atoms with Gasteiger partial charge in [0.05, 0.1) is 0 Å². The monoisotopic (exact) mass is 218 g/mol. The van der Waals surface area contributed by atoms with Crippen LogP contribution in [0.1, 0.15) is 50.2 Å². The predicted molar refractivity (Wildman–Crippen MR) is 67.3 cm³/mol.